The van der Waals surface area contributed by atoms with Gasteiger partial charge in [-0.05, 0) is 19.4 Å². The highest BCUT2D eigenvalue weighted by atomic mass is 19.4. The quantitative estimate of drug-likeness (QED) is 0.909. The van der Waals surface area contributed by atoms with Gasteiger partial charge >= 0.3 is 6.18 Å². The number of nitrogens with zero attached hydrogens (tertiary/aromatic N) is 2. The molecule has 0 spiro atoms. The summed E-state index contributed by atoms with van der Waals surface area (Å²) in [4.78, 5) is 3.96. The second-order valence-electron chi connectivity index (χ2n) is 4.77. The number of rotatable bonds is 3. The van der Waals surface area contributed by atoms with Crippen LogP contribution in [0.3, 0.4) is 0 Å². The number of hydrogen-bond donors (Lipinski definition) is 1. The molecule has 0 saturated carbocycles. The summed E-state index contributed by atoms with van der Waals surface area (Å²) in [5.41, 5.74) is -2.02. The molecule has 0 aliphatic carbocycles. The van der Waals surface area contributed by atoms with Gasteiger partial charge in [0.05, 0.1) is 0 Å². The summed E-state index contributed by atoms with van der Waals surface area (Å²) in [5, 5.41) is 6.40. The lowest BCUT2D eigenvalue weighted by Crippen LogP contribution is -2.44. The standard InChI is InChI=1S/C11H16F3N3O/c1-3-7(2)8-16-9(18-17-8)10(11(12,13)14)4-5-15-6-10/h7,15H,3-6H2,1-2H3. The van der Waals surface area contributed by atoms with Gasteiger partial charge in [0.2, 0.25) is 5.89 Å². The van der Waals surface area contributed by atoms with Gasteiger partial charge in [-0.2, -0.15) is 18.2 Å². The molecule has 0 amide bonds. The van der Waals surface area contributed by atoms with Crippen molar-refractivity contribution in [3.8, 4) is 0 Å². The summed E-state index contributed by atoms with van der Waals surface area (Å²) < 4.78 is 44.6. The molecule has 1 N–H and O–H groups in total. The minimum atomic E-state index is -4.38. The lowest BCUT2D eigenvalue weighted by Gasteiger charge is -2.26. The van der Waals surface area contributed by atoms with Crippen LogP contribution in [0.4, 0.5) is 13.2 Å². The molecular weight excluding hydrogens is 247 g/mol. The monoisotopic (exact) mass is 263 g/mol. The molecule has 1 aliphatic rings. The Hall–Kier alpha value is -1.11. The molecule has 0 bridgehead atoms. The zero-order valence-corrected chi connectivity index (χ0v) is 10.3. The Morgan fingerprint density at radius 3 is 2.72 bits per heavy atom. The van der Waals surface area contributed by atoms with E-state index in [-0.39, 0.29) is 24.8 Å². The van der Waals surface area contributed by atoms with E-state index in [1.165, 1.54) is 0 Å². The third-order valence-electron chi connectivity index (χ3n) is 3.60. The number of alkyl halides is 3. The van der Waals surface area contributed by atoms with Crippen LogP contribution in [0.15, 0.2) is 4.52 Å². The van der Waals surface area contributed by atoms with Crippen molar-refractivity contribution < 1.29 is 17.7 Å². The highest BCUT2D eigenvalue weighted by Crippen LogP contribution is 2.44. The Bertz CT molecular complexity index is 410. The Labute approximate surface area is 103 Å². The van der Waals surface area contributed by atoms with Crippen molar-refractivity contribution in [1.29, 1.82) is 0 Å². The van der Waals surface area contributed by atoms with Gasteiger partial charge in [-0.25, -0.2) is 0 Å². The van der Waals surface area contributed by atoms with E-state index in [9.17, 15) is 13.2 Å². The van der Waals surface area contributed by atoms with Crippen molar-refractivity contribution in [1.82, 2.24) is 15.5 Å². The van der Waals surface area contributed by atoms with Crippen molar-refractivity contribution in [3.63, 3.8) is 0 Å². The van der Waals surface area contributed by atoms with Crippen LogP contribution in [0.25, 0.3) is 0 Å². The minimum absolute atomic E-state index is 0.00199. The maximum absolute atomic E-state index is 13.2. The largest absolute Gasteiger partial charge is 0.404 e. The topological polar surface area (TPSA) is 51.0 Å². The molecule has 7 heteroatoms. The van der Waals surface area contributed by atoms with Gasteiger partial charge in [0.25, 0.3) is 0 Å². The first-order valence-corrected chi connectivity index (χ1v) is 6.02. The Morgan fingerprint density at radius 2 is 2.22 bits per heavy atom. The summed E-state index contributed by atoms with van der Waals surface area (Å²) in [6, 6.07) is 0. The van der Waals surface area contributed by atoms with Crippen LogP contribution in [0.1, 0.15) is 44.3 Å². The fourth-order valence-corrected chi connectivity index (χ4v) is 2.05. The van der Waals surface area contributed by atoms with Crippen LogP contribution in [0.2, 0.25) is 0 Å². The maximum Gasteiger partial charge on any atom is 0.404 e. The van der Waals surface area contributed by atoms with E-state index in [1.807, 2.05) is 13.8 Å². The average Bonchev–Trinajstić information content (AvgIpc) is 2.95. The molecule has 1 saturated heterocycles. The molecule has 1 aliphatic heterocycles. The van der Waals surface area contributed by atoms with Gasteiger partial charge in [0.15, 0.2) is 11.2 Å². The molecule has 1 aromatic rings. The molecule has 102 valence electrons. The first-order chi connectivity index (χ1) is 8.40. The second kappa shape index (κ2) is 4.53. The van der Waals surface area contributed by atoms with Crippen LogP contribution in [0, 0.1) is 0 Å². The van der Waals surface area contributed by atoms with E-state index in [4.69, 9.17) is 4.52 Å². The molecule has 18 heavy (non-hydrogen) atoms. The van der Waals surface area contributed by atoms with Crippen LogP contribution in [-0.2, 0) is 5.41 Å². The second-order valence-corrected chi connectivity index (χ2v) is 4.77. The molecule has 1 fully saturated rings. The third-order valence-corrected chi connectivity index (χ3v) is 3.60. The van der Waals surface area contributed by atoms with E-state index in [0.717, 1.165) is 6.42 Å². The zero-order valence-electron chi connectivity index (χ0n) is 10.3. The molecule has 2 atom stereocenters. The normalized spacial score (nSPS) is 26.5. The molecule has 1 aromatic heterocycles. The fraction of sp³-hybridized carbons (Fsp3) is 0.818. The summed E-state index contributed by atoms with van der Waals surface area (Å²) in [5.74, 6) is 0.0421. The fourth-order valence-electron chi connectivity index (χ4n) is 2.05. The van der Waals surface area contributed by atoms with Crippen molar-refractivity contribution in [2.75, 3.05) is 13.1 Å². The van der Waals surface area contributed by atoms with Crippen molar-refractivity contribution in [2.24, 2.45) is 0 Å². The van der Waals surface area contributed by atoms with Crippen molar-refractivity contribution >= 4 is 0 Å². The number of hydrogen-bond acceptors (Lipinski definition) is 4. The van der Waals surface area contributed by atoms with E-state index in [0.29, 0.717) is 12.4 Å². The van der Waals surface area contributed by atoms with E-state index < -0.39 is 11.6 Å². The summed E-state index contributed by atoms with van der Waals surface area (Å²) in [7, 11) is 0. The third kappa shape index (κ3) is 2.00. The average molecular weight is 263 g/mol. The van der Waals surface area contributed by atoms with Gasteiger partial charge in [-0.1, -0.05) is 19.0 Å². The maximum atomic E-state index is 13.2. The first-order valence-electron chi connectivity index (χ1n) is 6.02. The summed E-state index contributed by atoms with van der Waals surface area (Å²) in [6.45, 7) is 3.90. The lowest BCUT2D eigenvalue weighted by atomic mass is 9.86. The summed E-state index contributed by atoms with van der Waals surface area (Å²) >= 11 is 0. The molecule has 2 heterocycles. The van der Waals surface area contributed by atoms with Crippen LogP contribution in [-0.4, -0.2) is 29.4 Å². The number of nitrogens with one attached hydrogen (secondary N) is 1. The van der Waals surface area contributed by atoms with E-state index >= 15 is 0 Å². The van der Waals surface area contributed by atoms with Crippen LogP contribution < -0.4 is 5.32 Å². The molecule has 0 radical (unpaired) electrons. The minimum Gasteiger partial charge on any atom is -0.338 e. The lowest BCUT2D eigenvalue weighted by molar-refractivity contribution is -0.191. The molecular formula is C11H16F3N3O. The predicted molar refractivity (Wildman–Crippen MR) is 58.2 cm³/mol. The molecule has 4 nitrogen and oxygen atoms in total. The Kier molecular flexibility index (Phi) is 3.35. The molecule has 2 rings (SSSR count). The first kappa shape index (κ1) is 13.3. The van der Waals surface area contributed by atoms with Gasteiger partial charge in [0.1, 0.15) is 0 Å². The van der Waals surface area contributed by atoms with Gasteiger partial charge in [0, 0.05) is 12.5 Å². The van der Waals surface area contributed by atoms with Crippen LogP contribution >= 0.6 is 0 Å². The van der Waals surface area contributed by atoms with Gasteiger partial charge < -0.3 is 9.84 Å². The highest BCUT2D eigenvalue weighted by molar-refractivity contribution is 5.15. The van der Waals surface area contributed by atoms with E-state index in [1.54, 1.807) is 0 Å². The Morgan fingerprint density at radius 1 is 1.50 bits per heavy atom. The summed E-state index contributed by atoms with van der Waals surface area (Å²) in [6.07, 6.45) is -3.68. The molecule has 2 unspecified atom stereocenters. The highest BCUT2D eigenvalue weighted by Gasteiger charge is 2.61. The van der Waals surface area contributed by atoms with Crippen molar-refractivity contribution in [2.45, 2.75) is 44.2 Å². The van der Waals surface area contributed by atoms with Gasteiger partial charge in [-0.15, -0.1) is 0 Å². The molecule has 0 aromatic carbocycles. The Balaban J connectivity index is 2.36. The predicted octanol–water partition coefficient (Wildman–Crippen LogP) is 2.38. The van der Waals surface area contributed by atoms with Crippen LogP contribution in [0.5, 0.6) is 0 Å². The van der Waals surface area contributed by atoms with E-state index in [2.05, 4.69) is 15.5 Å². The SMILES string of the molecule is CCC(C)c1noc(C2(C(F)(F)F)CCNC2)n1. The smallest absolute Gasteiger partial charge is 0.338 e. The number of halogens is 3. The van der Waals surface area contributed by atoms with Gasteiger partial charge in [-0.3, -0.25) is 0 Å². The zero-order chi connectivity index (χ0) is 13.4. The van der Waals surface area contributed by atoms with Crippen molar-refractivity contribution in [3.05, 3.63) is 11.7 Å². The number of aromatic nitrogens is 2.